The molecule has 102 valence electrons. The van der Waals surface area contributed by atoms with E-state index in [9.17, 15) is 22.0 Å². The van der Waals surface area contributed by atoms with E-state index in [-0.39, 0.29) is 0 Å². The van der Waals surface area contributed by atoms with Gasteiger partial charge in [-0.3, -0.25) is 0 Å². The molecule has 2 N–H and O–H groups in total. The van der Waals surface area contributed by atoms with E-state index < -0.39 is 40.7 Å². The van der Waals surface area contributed by atoms with E-state index in [1.165, 1.54) is 6.07 Å². The summed E-state index contributed by atoms with van der Waals surface area (Å²) in [5.41, 5.74) is 4.58. The second kappa shape index (κ2) is 4.90. The maximum atomic E-state index is 13.5. The lowest BCUT2D eigenvalue weighted by atomic mass is 10.0. The first kappa shape index (κ1) is 14.0. The number of nitrogens with two attached hydrogens (primary N) is 1. The second-order valence-corrected chi connectivity index (χ2v) is 5.23. The molecule has 2 aromatic rings. The molecule has 1 unspecified atom stereocenters. The van der Waals surface area contributed by atoms with E-state index in [0.717, 1.165) is 16.2 Å². The van der Waals surface area contributed by atoms with Crippen molar-refractivity contribution in [1.29, 1.82) is 0 Å². The van der Waals surface area contributed by atoms with E-state index in [1.807, 2.05) is 0 Å². The van der Waals surface area contributed by atoms with E-state index in [4.69, 9.17) is 5.73 Å². The van der Waals surface area contributed by atoms with Crippen LogP contribution in [0.3, 0.4) is 0 Å². The minimum Gasteiger partial charge on any atom is -0.319 e. The highest BCUT2D eigenvalue weighted by Gasteiger charge is 2.29. The topological polar surface area (TPSA) is 26.0 Å². The number of rotatable bonds is 2. The van der Waals surface area contributed by atoms with Crippen molar-refractivity contribution in [2.75, 3.05) is 0 Å². The molecule has 0 bridgehead atoms. The molecule has 0 aliphatic rings. The van der Waals surface area contributed by atoms with Gasteiger partial charge in [0.25, 0.3) is 0 Å². The molecular weight excluding hydrogens is 285 g/mol. The Hall–Kier alpha value is -1.47. The van der Waals surface area contributed by atoms with E-state index in [2.05, 4.69) is 0 Å². The van der Waals surface area contributed by atoms with Gasteiger partial charge in [-0.15, -0.1) is 11.3 Å². The number of hydrogen-bond acceptors (Lipinski definition) is 2. The molecule has 0 aliphatic heterocycles. The Kier molecular flexibility index (Phi) is 3.60. The lowest BCUT2D eigenvalue weighted by Crippen LogP contribution is -2.18. The van der Waals surface area contributed by atoms with Crippen molar-refractivity contribution in [3.8, 4) is 0 Å². The van der Waals surface area contributed by atoms with Crippen LogP contribution in [0.15, 0.2) is 12.1 Å². The van der Waals surface area contributed by atoms with Gasteiger partial charge in [0.2, 0.25) is 5.82 Å². The molecule has 0 fully saturated rings. The standard InChI is InChI=1S/C12H8F5NS/c1-4-2-3-5(19-4)12(18)6-7(13)9(15)11(17)10(16)8(6)14/h2-3,12H,18H2,1H3. The Morgan fingerprint density at radius 1 is 0.895 bits per heavy atom. The molecule has 1 nitrogen and oxygen atoms in total. The first-order valence-corrected chi connectivity index (χ1v) is 5.99. The molecule has 1 atom stereocenters. The third-order valence-electron chi connectivity index (χ3n) is 2.62. The molecule has 7 heteroatoms. The molecule has 1 aromatic carbocycles. The van der Waals surface area contributed by atoms with Gasteiger partial charge in [-0.1, -0.05) is 0 Å². The zero-order valence-corrected chi connectivity index (χ0v) is 10.4. The highest BCUT2D eigenvalue weighted by molar-refractivity contribution is 7.12. The Bertz CT molecular complexity index is 608. The molecule has 0 saturated carbocycles. The normalized spacial score (nSPS) is 12.8. The Morgan fingerprint density at radius 3 is 1.79 bits per heavy atom. The molecule has 0 aliphatic carbocycles. The van der Waals surface area contributed by atoms with Gasteiger partial charge in [0.05, 0.1) is 11.6 Å². The first-order valence-electron chi connectivity index (χ1n) is 5.17. The van der Waals surface area contributed by atoms with E-state index in [1.54, 1.807) is 13.0 Å². The summed E-state index contributed by atoms with van der Waals surface area (Å²) in [5.74, 6) is -9.95. The SMILES string of the molecule is Cc1ccc(C(N)c2c(F)c(F)c(F)c(F)c2F)s1. The minimum atomic E-state index is -2.19. The molecular formula is C12H8F5NS. The Morgan fingerprint density at radius 2 is 1.37 bits per heavy atom. The van der Waals surface area contributed by atoms with Crippen molar-refractivity contribution in [3.63, 3.8) is 0 Å². The molecule has 1 heterocycles. The maximum absolute atomic E-state index is 13.5. The van der Waals surface area contributed by atoms with Crippen LogP contribution >= 0.6 is 11.3 Å². The monoisotopic (exact) mass is 293 g/mol. The van der Waals surface area contributed by atoms with Crippen LogP contribution < -0.4 is 5.73 Å². The van der Waals surface area contributed by atoms with Crippen LogP contribution in [0.5, 0.6) is 0 Å². The number of hydrogen-bond donors (Lipinski definition) is 1. The van der Waals surface area contributed by atoms with Gasteiger partial charge in [0, 0.05) is 9.75 Å². The van der Waals surface area contributed by atoms with Gasteiger partial charge < -0.3 is 5.73 Å². The highest BCUT2D eigenvalue weighted by Crippen LogP contribution is 2.32. The minimum absolute atomic E-state index is 0.320. The van der Waals surface area contributed by atoms with Gasteiger partial charge >= 0.3 is 0 Å². The predicted molar refractivity (Wildman–Crippen MR) is 61.3 cm³/mol. The zero-order chi connectivity index (χ0) is 14.3. The summed E-state index contributed by atoms with van der Waals surface area (Å²) < 4.78 is 66.1. The average molecular weight is 293 g/mol. The van der Waals surface area contributed by atoms with Crippen LogP contribution in [-0.2, 0) is 0 Å². The Balaban J connectivity index is 2.63. The summed E-state index contributed by atoms with van der Waals surface area (Å²) in [6.07, 6.45) is 0. The second-order valence-electron chi connectivity index (χ2n) is 3.91. The number of halogens is 5. The van der Waals surface area contributed by atoms with Crippen LogP contribution in [-0.4, -0.2) is 0 Å². The van der Waals surface area contributed by atoms with E-state index >= 15 is 0 Å². The number of thiophene rings is 1. The van der Waals surface area contributed by atoms with Crippen molar-refractivity contribution in [2.45, 2.75) is 13.0 Å². The quantitative estimate of drug-likeness (QED) is 0.509. The smallest absolute Gasteiger partial charge is 0.200 e. The van der Waals surface area contributed by atoms with Crippen molar-refractivity contribution in [1.82, 2.24) is 0 Å². The summed E-state index contributed by atoms with van der Waals surface area (Å²) in [7, 11) is 0. The summed E-state index contributed by atoms with van der Waals surface area (Å²) in [6.45, 7) is 1.74. The fraction of sp³-hybridized carbons (Fsp3) is 0.167. The third kappa shape index (κ3) is 2.23. The van der Waals surface area contributed by atoms with Gasteiger partial charge in [-0.2, -0.15) is 0 Å². The molecule has 0 amide bonds. The average Bonchev–Trinajstić information content (AvgIpc) is 2.81. The van der Waals surface area contributed by atoms with Gasteiger partial charge in [0.1, 0.15) is 0 Å². The fourth-order valence-electron chi connectivity index (χ4n) is 1.66. The van der Waals surface area contributed by atoms with Gasteiger partial charge in [0.15, 0.2) is 23.3 Å². The maximum Gasteiger partial charge on any atom is 0.200 e. The summed E-state index contributed by atoms with van der Waals surface area (Å²) in [4.78, 5) is 1.13. The zero-order valence-electron chi connectivity index (χ0n) is 9.61. The van der Waals surface area contributed by atoms with Gasteiger partial charge in [-0.05, 0) is 19.1 Å². The molecule has 0 spiro atoms. The predicted octanol–water partition coefficient (Wildman–Crippen LogP) is 3.80. The van der Waals surface area contributed by atoms with E-state index in [0.29, 0.717) is 4.88 Å². The number of aryl methyl sites for hydroxylation is 1. The molecule has 19 heavy (non-hydrogen) atoms. The summed E-state index contributed by atoms with van der Waals surface area (Å²) in [5, 5.41) is 0. The van der Waals surface area contributed by atoms with Gasteiger partial charge in [-0.25, -0.2) is 22.0 Å². The Labute approximate surface area is 109 Å². The van der Waals surface area contributed by atoms with Crippen LogP contribution in [0.2, 0.25) is 0 Å². The van der Waals surface area contributed by atoms with Crippen LogP contribution in [0.25, 0.3) is 0 Å². The van der Waals surface area contributed by atoms with Crippen molar-refractivity contribution in [3.05, 3.63) is 56.5 Å². The van der Waals surface area contributed by atoms with Crippen LogP contribution in [0.1, 0.15) is 21.4 Å². The fourth-order valence-corrected chi connectivity index (χ4v) is 2.55. The van der Waals surface area contributed by atoms with Crippen molar-refractivity contribution >= 4 is 11.3 Å². The van der Waals surface area contributed by atoms with Crippen molar-refractivity contribution in [2.24, 2.45) is 5.73 Å². The molecule has 0 radical (unpaired) electrons. The summed E-state index contributed by atoms with van der Waals surface area (Å²) in [6, 6.07) is 1.73. The number of benzene rings is 1. The van der Waals surface area contributed by atoms with Crippen LogP contribution in [0.4, 0.5) is 22.0 Å². The lowest BCUT2D eigenvalue weighted by molar-refractivity contribution is 0.367. The van der Waals surface area contributed by atoms with Crippen molar-refractivity contribution < 1.29 is 22.0 Å². The first-order chi connectivity index (χ1) is 8.84. The summed E-state index contributed by atoms with van der Waals surface area (Å²) >= 11 is 1.13. The lowest BCUT2D eigenvalue weighted by Gasteiger charge is -2.13. The largest absolute Gasteiger partial charge is 0.319 e. The molecule has 0 saturated heterocycles. The third-order valence-corrected chi connectivity index (χ3v) is 3.71. The van der Waals surface area contributed by atoms with Crippen LogP contribution in [0, 0.1) is 36.0 Å². The molecule has 1 aromatic heterocycles. The molecule has 2 rings (SSSR count). The highest BCUT2D eigenvalue weighted by atomic mass is 32.1.